The molecule has 0 aliphatic heterocycles. The highest BCUT2D eigenvalue weighted by Gasteiger charge is 2.40. The van der Waals surface area contributed by atoms with E-state index in [-0.39, 0.29) is 5.91 Å². The first kappa shape index (κ1) is 11.1. The van der Waals surface area contributed by atoms with Gasteiger partial charge in [-0.3, -0.25) is 9.48 Å². The molecular formula is C11H18N4O. The molecule has 0 atom stereocenters. The van der Waals surface area contributed by atoms with Crippen LogP contribution in [-0.4, -0.2) is 21.2 Å². The second-order valence-electron chi connectivity index (χ2n) is 4.77. The number of hydrogen-bond donors (Lipinski definition) is 2. The summed E-state index contributed by atoms with van der Waals surface area (Å²) < 4.78 is 1.81. The van der Waals surface area contributed by atoms with E-state index < -0.39 is 5.54 Å². The fourth-order valence-corrected chi connectivity index (χ4v) is 1.73. The summed E-state index contributed by atoms with van der Waals surface area (Å²) in [6, 6.07) is 0.293. The molecule has 1 fully saturated rings. The zero-order valence-corrected chi connectivity index (χ0v) is 9.73. The van der Waals surface area contributed by atoms with Gasteiger partial charge in [0.25, 0.3) is 0 Å². The Morgan fingerprint density at radius 2 is 2.31 bits per heavy atom. The van der Waals surface area contributed by atoms with Crippen molar-refractivity contribution in [3.05, 3.63) is 12.4 Å². The van der Waals surface area contributed by atoms with Crippen LogP contribution in [0.5, 0.6) is 0 Å². The minimum Gasteiger partial charge on any atom is -0.322 e. The predicted molar refractivity (Wildman–Crippen MR) is 62.0 cm³/mol. The highest BCUT2D eigenvalue weighted by Crippen LogP contribution is 2.30. The first-order valence-electron chi connectivity index (χ1n) is 5.66. The van der Waals surface area contributed by atoms with Crippen LogP contribution in [0.3, 0.4) is 0 Å². The number of amides is 1. The van der Waals surface area contributed by atoms with E-state index in [0.29, 0.717) is 6.04 Å². The maximum atomic E-state index is 11.8. The number of hydrogen-bond acceptors (Lipinski definition) is 3. The number of carbonyl (C=O) groups excluding carboxylic acids is 1. The zero-order chi connectivity index (χ0) is 11.8. The maximum Gasteiger partial charge on any atom is 0.244 e. The van der Waals surface area contributed by atoms with E-state index in [1.54, 1.807) is 10.9 Å². The molecular weight excluding hydrogens is 204 g/mol. The molecule has 5 nitrogen and oxygen atoms in total. The van der Waals surface area contributed by atoms with Gasteiger partial charge in [0.2, 0.25) is 5.91 Å². The molecule has 1 saturated carbocycles. The third-order valence-corrected chi connectivity index (χ3v) is 3.09. The Labute approximate surface area is 95.0 Å². The first-order chi connectivity index (χ1) is 7.51. The van der Waals surface area contributed by atoms with Crippen LogP contribution in [0.15, 0.2) is 12.4 Å². The molecule has 0 saturated heterocycles. The van der Waals surface area contributed by atoms with Crippen molar-refractivity contribution in [3.8, 4) is 0 Å². The average molecular weight is 222 g/mol. The standard InChI is InChI=1S/C11H18N4O/c1-8(2)15-7-9(6-13-15)14-10(16)11(12)4-3-5-11/h6-8H,3-5,12H2,1-2H3,(H,14,16). The van der Waals surface area contributed by atoms with Crippen molar-refractivity contribution in [1.82, 2.24) is 9.78 Å². The Kier molecular flexibility index (Phi) is 2.71. The van der Waals surface area contributed by atoms with Gasteiger partial charge in [-0.1, -0.05) is 0 Å². The number of nitrogens with one attached hydrogen (secondary N) is 1. The molecule has 1 aromatic heterocycles. The van der Waals surface area contributed by atoms with E-state index in [4.69, 9.17) is 5.73 Å². The van der Waals surface area contributed by atoms with E-state index in [9.17, 15) is 4.79 Å². The van der Waals surface area contributed by atoms with Crippen molar-refractivity contribution in [2.24, 2.45) is 5.73 Å². The van der Waals surface area contributed by atoms with Gasteiger partial charge in [0.15, 0.2) is 0 Å². The first-order valence-corrected chi connectivity index (χ1v) is 5.66. The van der Waals surface area contributed by atoms with E-state index in [1.807, 2.05) is 20.0 Å². The molecule has 1 heterocycles. The summed E-state index contributed by atoms with van der Waals surface area (Å²) in [7, 11) is 0. The average Bonchev–Trinajstić information content (AvgIpc) is 2.62. The van der Waals surface area contributed by atoms with Crippen LogP contribution in [-0.2, 0) is 4.79 Å². The minimum atomic E-state index is -0.653. The lowest BCUT2D eigenvalue weighted by Gasteiger charge is -2.35. The highest BCUT2D eigenvalue weighted by molar-refractivity contribution is 5.98. The molecule has 0 spiro atoms. The van der Waals surface area contributed by atoms with Crippen molar-refractivity contribution in [2.75, 3.05) is 5.32 Å². The summed E-state index contributed by atoms with van der Waals surface area (Å²) in [4.78, 5) is 11.8. The predicted octanol–water partition coefficient (Wildman–Crippen LogP) is 1.28. The lowest BCUT2D eigenvalue weighted by molar-refractivity contribution is -0.123. The lowest BCUT2D eigenvalue weighted by Crippen LogP contribution is -2.56. The Morgan fingerprint density at radius 3 is 2.75 bits per heavy atom. The fraction of sp³-hybridized carbons (Fsp3) is 0.636. The van der Waals surface area contributed by atoms with Gasteiger partial charge in [-0.05, 0) is 33.1 Å². The SMILES string of the molecule is CC(C)n1cc(NC(=O)C2(N)CCC2)cn1. The lowest BCUT2D eigenvalue weighted by atomic mass is 9.77. The number of anilines is 1. The Hall–Kier alpha value is -1.36. The summed E-state index contributed by atoms with van der Waals surface area (Å²) >= 11 is 0. The van der Waals surface area contributed by atoms with Gasteiger partial charge in [-0.15, -0.1) is 0 Å². The topological polar surface area (TPSA) is 72.9 Å². The highest BCUT2D eigenvalue weighted by atomic mass is 16.2. The van der Waals surface area contributed by atoms with Crippen molar-refractivity contribution in [2.45, 2.75) is 44.7 Å². The summed E-state index contributed by atoms with van der Waals surface area (Å²) in [6.45, 7) is 4.07. The maximum absolute atomic E-state index is 11.8. The van der Waals surface area contributed by atoms with Crippen LogP contribution in [0.25, 0.3) is 0 Å². The molecule has 2 rings (SSSR count). The smallest absolute Gasteiger partial charge is 0.244 e. The van der Waals surface area contributed by atoms with Crippen LogP contribution in [0, 0.1) is 0 Å². The molecule has 0 radical (unpaired) electrons. The zero-order valence-electron chi connectivity index (χ0n) is 9.73. The quantitative estimate of drug-likeness (QED) is 0.809. The third-order valence-electron chi connectivity index (χ3n) is 3.09. The Morgan fingerprint density at radius 1 is 1.62 bits per heavy atom. The van der Waals surface area contributed by atoms with E-state index in [1.165, 1.54) is 0 Å². The molecule has 1 aliphatic carbocycles. The van der Waals surface area contributed by atoms with E-state index in [2.05, 4.69) is 10.4 Å². The van der Waals surface area contributed by atoms with Gasteiger partial charge in [-0.25, -0.2) is 0 Å². The monoisotopic (exact) mass is 222 g/mol. The number of rotatable bonds is 3. The van der Waals surface area contributed by atoms with Gasteiger partial charge in [-0.2, -0.15) is 5.10 Å². The number of carbonyl (C=O) groups is 1. The van der Waals surface area contributed by atoms with Gasteiger partial charge in [0.1, 0.15) is 0 Å². The largest absolute Gasteiger partial charge is 0.322 e. The Bertz CT molecular complexity index is 392. The summed E-state index contributed by atoms with van der Waals surface area (Å²) in [5.74, 6) is -0.0953. The third kappa shape index (κ3) is 1.95. The van der Waals surface area contributed by atoms with Crippen LogP contribution in [0.4, 0.5) is 5.69 Å². The van der Waals surface area contributed by atoms with E-state index in [0.717, 1.165) is 24.9 Å². The van der Waals surface area contributed by atoms with Crippen LogP contribution < -0.4 is 11.1 Å². The summed E-state index contributed by atoms with van der Waals surface area (Å²) in [5, 5.41) is 6.97. The molecule has 0 unspecified atom stereocenters. The number of nitrogens with zero attached hydrogens (tertiary/aromatic N) is 2. The molecule has 0 aromatic carbocycles. The molecule has 1 amide bonds. The molecule has 3 N–H and O–H groups in total. The molecule has 5 heteroatoms. The van der Waals surface area contributed by atoms with Gasteiger partial charge in [0, 0.05) is 12.2 Å². The van der Waals surface area contributed by atoms with Crippen molar-refractivity contribution < 1.29 is 4.79 Å². The molecule has 1 aliphatic rings. The summed E-state index contributed by atoms with van der Waals surface area (Å²) in [5.41, 5.74) is 5.99. The fourth-order valence-electron chi connectivity index (χ4n) is 1.73. The van der Waals surface area contributed by atoms with Gasteiger partial charge < -0.3 is 11.1 Å². The molecule has 0 bridgehead atoms. The van der Waals surface area contributed by atoms with Crippen LogP contribution >= 0.6 is 0 Å². The van der Waals surface area contributed by atoms with Gasteiger partial charge in [0.05, 0.1) is 17.4 Å². The molecule has 16 heavy (non-hydrogen) atoms. The van der Waals surface area contributed by atoms with Crippen molar-refractivity contribution >= 4 is 11.6 Å². The van der Waals surface area contributed by atoms with E-state index >= 15 is 0 Å². The van der Waals surface area contributed by atoms with Gasteiger partial charge >= 0.3 is 0 Å². The minimum absolute atomic E-state index is 0.0953. The Balaban J connectivity index is 2.00. The van der Waals surface area contributed by atoms with Crippen LogP contribution in [0.2, 0.25) is 0 Å². The normalized spacial score (nSPS) is 18.2. The second-order valence-corrected chi connectivity index (χ2v) is 4.77. The van der Waals surface area contributed by atoms with Crippen molar-refractivity contribution in [1.29, 1.82) is 0 Å². The molecule has 1 aromatic rings. The number of nitrogens with two attached hydrogens (primary N) is 1. The summed E-state index contributed by atoms with van der Waals surface area (Å²) in [6.07, 6.45) is 6.06. The van der Waals surface area contributed by atoms with Crippen molar-refractivity contribution in [3.63, 3.8) is 0 Å². The second kappa shape index (κ2) is 3.90. The van der Waals surface area contributed by atoms with Crippen LogP contribution in [0.1, 0.15) is 39.2 Å². The number of aromatic nitrogens is 2. The molecule has 88 valence electrons.